The average molecular weight is 274 g/mol. The van der Waals surface area contributed by atoms with Gasteiger partial charge in [-0.25, -0.2) is 9.78 Å². The number of ether oxygens (including phenoxy) is 1. The van der Waals surface area contributed by atoms with Gasteiger partial charge in [0.1, 0.15) is 12.4 Å². The van der Waals surface area contributed by atoms with Crippen molar-refractivity contribution in [3.8, 4) is 5.75 Å². The largest absolute Gasteiger partial charge is 0.487 e. The molecule has 0 bridgehead atoms. The average Bonchev–Trinajstić information content (AvgIpc) is 2.97. The van der Waals surface area contributed by atoms with Crippen LogP contribution in [-0.2, 0) is 6.61 Å². The fourth-order valence-corrected chi connectivity index (χ4v) is 2.42. The molecule has 0 aliphatic heterocycles. The maximum absolute atomic E-state index is 10.7. The quantitative estimate of drug-likeness (QED) is 0.794. The lowest BCUT2D eigenvalue weighted by atomic mass is 10.2. The molecule has 0 unspecified atom stereocenters. The van der Waals surface area contributed by atoms with Gasteiger partial charge in [-0.2, -0.15) is 0 Å². The van der Waals surface area contributed by atoms with Gasteiger partial charge in [0, 0.05) is 17.8 Å². The Bertz CT molecular complexity index is 686. The van der Waals surface area contributed by atoms with Crippen molar-refractivity contribution >= 4 is 22.3 Å². The molecule has 6 heteroatoms. The van der Waals surface area contributed by atoms with E-state index in [-0.39, 0.29) is 5.56 Å². The first-order chi connectivity index (χ1) is 9.22. The van der Waals surface area contributed by atoms with Gasteiger partial charge in [-0.15, -0.1) is 11.3 Å². The summed E-state index contributed by atoms with van der Waals surface area (Å²) in [6.45, 7) is 0.362. The Balaban J connectivity index is 1.68. The Kier molecular flexibility index (Phi) is 2.92. The van der Waals surface area contributed by atoms with E-state index < -0.39 is 5.97 Å². The number of carboxylic acids is 1. The maximum atomic E-state index is 10.7. The van der Waals surface area contributed by atoms with Gasteiger partial charge in [0.2, 0.25) is 0 Å². The molecule has 2 aromatic heterocycles. The van der Waals surface area contributed by atoms with Crippen LogP contribution < -0.4 is 4.74 Å². The molecule has 3 rings (SSSR count). The molecule has 0 aliphatic rings. The van der Waals surface area contributed by atoms with Crippen molar-refractivity contribution in [2.45, 2.75) is 6.61 Å². The summed E-state index contributed by atoms with van der Waals surface area (Å²) in [5.74, 6) is -0.317. The molecule has 3 aromatic rings. The first-order valence-electron chi connectivity index (χ1n) is 5.59. The third-order valence-corrected chi connectivity index (χ3v) is 3.40. The molecule has 0 radical (unpaired) electrons. The van der Waals surface area contributed by atoms with Gasteiger partial charge in [0.05, 0.1) is 11.3 Å². The van der Waals surface area contributed by atoms with Crippen molar-refractivity contribution in [2.24, 2.45) is 0 Å². The maximum Gasteiger partial charge on any atom is 0.335 e. The van der Waals surface area contributed by atoms with Crippen molar-refractivity contribution in [3.63, 3.8) is 0 Å². The Hall–Kier alpha value is -2.34. The highest BCUT2D eigenvalue weighted by atomic mass is 32.1. The van der Waals surface area contributed by atoms with E-state index in [1.165, 1.54) is 12.1 Å². The summed E-state index contributed by atoms with van der Waals surface area (Å²) in [5, 5.41) is 10.8. The minimum atomic E-state index is -0.944. The summed E-state index contributed by atoms with van der Waals surface area (Å²) in [6.07, 6.45) is 3.86. The van der Waals surface area contributed by atoms with Crippen molar-refractivity contribution in [2.75, 3.05) is 0 Å². The lowest BCUT2D eigenvalue weighted by Gasteiger charge is -2.04. The van der Waals surface area contributed by atoms with Crippen molar-refractivity contribution in [1.29, 1.82) is 0 Å². The topological polar surface area (TPSA) is 63.8 Å². The molecule has 0 atom stereocenters. The van der Waals surface area contributed by atoms with Gasteiger partial charge in [-0.05, 0) is 24.3 Å². The van der Waals surface area contributed by atoms with Crippen molar-refractivity contribution in [3.05, 3.63) is 53.3 Å². The lowest BCUT2D eigenvalue weighted by Crippen LogP contribution is -1.98. The number of fused-ring (bicyclic) bond motifs is 1. The third kappa shape index (κ3) is 2.43. The number of hydrogen-bond acceptors (Lipinski definition) is 4. The Labute approximate surface area is 112 Å². The predicted octanol–water partition coefficient (Wildman–Crippen LogP) is 2.67. The second-order valence-corrected chi connectivity index (χ2v) is 4.82. The van der Waals surface area contributed by atoms with Crippen LogP contribution in [0.25, 0.3) is 4.96 Å². The van der Waals surface area contributed by atoms with E-state index in [0.29, 0.717) is 12.4 Å². The number of thiazole rings is 1. The standard InChI is InChI=1S/C13H10N2O3S/c16-12(17)9-1-3-11(4-2-9)18-8-10-7-15-5-6-19-13(15)14-10/h1-7H,8H2,(H,16,17). The summed E-state index contributed by atoms with van der Waals surface area (Å²) in [4.78, 5) is 16.0. The molecule has 5 nitrogen and oxygen atoms in total. The number of imidazole rings is 1. The Morgan fingerprint density at radius 2 is 2.16 bits per heavy atom. The predicted molar refractivity (Wildman–Crippen MR) is 70.8 cm³/mol. The molecular formula is C13H10N2O3S. The second-order valence-electron chi connectivity index (χ2n) is 3.94. The van der Waals surface area contributed by atoms with Crippen LogP contribution in [0, 0.1) is 0 Å². The number of aromatic nitrogens is 2. The molecule has 19 heavy (non-hydrogen) atoms. The summed E-state index contributed by atoms with van der Waals surface area (Å²) in [7, 11) is 0. The van der Waals surface area contributed by atoms with Gasteiger partial charge < -0.3 is 9.84 Å². The molecule has 0 saturated heterocycles. The number of nitrogens with zero attached hydrogens (tertiary/aromatic N) is 2. The monoisotopic (exact) mass is 274 g/mol. The minimum Gasteiger partial charge on any atom is -0.487 e. The number of benzene rings is 1. The minimum absolute atomic E-state index is 0.245. The molecule has 0 fully saturated rings. The van der Waals surface area contributed by atoms with E-state index >= 15 is 0 Å². The summed E-state index contributed by atoms with van der Waals surface area (Å²) in [6, 6.07) is 6.32. The van der Waals surface area contributed by atoms with Crippen molar-refractivity contribution < 1.29 is 14.6 Å². The number of carboxylic acid groups (broad SMARTS) is 1. The highest BCUT2D eigenvalue weighted by Gasteiger charge is 2.05. The van der Waals surface area contributed by atoms with E-state index in [1.54, 1.807) is 23.5 Å². The van der Waals surface area contributed by atoms with Crippen LogP contribution in [0.3, 0.4) is 0 Å². The highest BCUT2D eigenvalue weighted by molar-refractivity contribution is 7.15. The van der Waals surface area contributed by atoms with E-state index in [2.05, 4.69) is 4.98 Å². The van der Waals surface area contributed by atoms with Crippen LogP contribution in [-0.4, -0.2) is 20.5 Å². The van der Waals surface area contributed by atoms with E-state index in [9.17, 15) is 4.79 Å². The summed E-state index contributed by atoms with van der Waals surface area (Å²) >= 11 is 1.57. The van der Waals surface area contributed by atoms with E-state index in [4.69, 9.17) is 9.84 Å². The fourth-order valence-electron chi connectivity index (χ4n) is 1.70. The lowest BCUT2D eigenvalue weighted by molar-refractivity contribution is 0.0697. The van der Waals surface area contributed by atoms with Gasteiger partial charge in [0.25, 0.3) is 0 Å². The van der Waals surface area contributed by atoms with Gasteiger partial charge in [-0.1, -0.05) is 0 Å². The van der Waals surface area contributed by atoms with Crippen LogP contribution >= 0.6 is 11.3 Å². The first kappa shape index (κ1) is 11.7. The number of aromatic carboxylic acids is 1. The van der Waals surface area contributed by atoms with Gasteiger partial charge in [0.15, 0.2) is 4.96 Å². The Morgan fingerprint density at radius 1 is 1.37 bits per heavy atom. The third-order valence-electron chi connectivity index (χ3n) is 2.63. The van der Waals surface area contributed by atoms with Gasteiger partial charge in [-0.3, -0.25) is 4.40 Å². The molecular weight excluding hydrogens is 264 g/mol. The summed E-state index contributed by atoms with van der Waals surface area (Å²) < 4.78 is 7.50. The molecule has 0 aliphatic carbocycles. The number of hydrogen-bond donors (Lipinski definition) is 1. The molecule has 1 aromatic carbocycles. The zero-order valence-corrected chi connectivity index (χ0v) is 10.6. The van der Waals surface area contributed by atoms with Crippen molar-refractivity contribution in [1.82, 2.24) is 9.38 Å². The molecule has 2 heterocycles. The first-order valence-corrected chi connectivity index (χ1v) is 6.47. The van der Waals surface area contributed by atoms with Crippen LogP contribution in [0.2, 0.25) is 0 Å². The normalized spacial score (nSPS) is 10.7. The van der Waals surface area contributed by atoms with E-state index in [1.807, 2.05) is 22.2 Å². The molecule has 0 amide bonds. The SMILES string of the molecule is O=C(O)c1ccc(OCc2cn3ccsc3n2)cc1. The fraction of sp³-hybridized carbons (Fsp3) is 0.0769. The van der Waals surface area contributed by atoms with E-state index in [0.717, 1.165) is 10.7 Å². The van der Waals surface area contributed by atoms with Crippen LogP contribution in [0.5, 0.6) is 5.75 Å². The van der Waals surface area contributed by atoms with Crippen LogP contribution in [0.4, 0.5) is 0 Å². The van der Waals surface area contributed by atoms with Gasteiger partial charge >= 0.3 is 5.97 Å². The molecule has 0 saturated carbocycles. The molecule has 96 valence electrons. The Morgan fingerprint density at radius 3 is 2.84 bits per heavy atom. The molecule has 0 spiro atoms. The second kappa shape index (κ2) is 4.74. The highest BCUT2D eigenvalue weighted by Crippen LogP contribution is 2.16. The molecule has 1 N–H and O–H groups in total. The van der Waals surface area contributed by atoms with Crippen LogP contribution in [0.15, 0.2) is 42.0 Å². The zero-order chi connectivity index (χ0) is 13.2. The number of carbonyl (C=O) groups is 1. The zero-order valence-electron chi connectivity index (χ0n) is 9.81. The van der Waals surface area contributed by atoms with Crippen LogP contribution in [0.1, 0.15) is 16.1 Å². The smallest absolute Gasteiger partial charge is 0.335 e. The number of rotatable bonds is 4. The summed E-state index contributed by atoms with van der Waals surface area (Å²) in [5.41, 5.74) is 1.09.